The molecule has 1 N–H and O–H groups in total. The number of esters is 1. The Morgan fingerprint density at radius 1 is 1.33 bits per heavy atom. The predicted octanol–water partition coefficient (Wildman–Crippen LogP) is 1.63. The van der Waals surface area contributed by atoms with Gasteiger partial charge in [-0.3, -0.25) is 9.59 Å². The second-order valence-electron chi connectivity index (χ2n) is 3.10. The largest absolute Gasteiger partial charge is 0.481 e. The zero-order chi connectivity index (χ0) is 11.3. The van der Waals surface area contributed by atoms with Crippen LogP contribution >= 0.6 is 0 Å². The SMILES string of the molecule is CC(=O)O.O=C1CCc2ccccc2O1. The van der Waals surface area contributed by atoms with Gasteiger partial charge in [-0.05, 0) is 18.1 Å². The van der Waals surface area contributed by atoms with Crippen LogP contribution in [0.2, 0.25) is 0 Å². The van der Waals surface area contributed by atoms with Crippen molar-refractivity contribution in [3.05, 3.63) is 29.8 Å². The van der Waals surface area contributed by atoms with Crippen molar-refractivity contribution in [1.82, 2.24) is 0 Å². The lowest BCUT2D eigenvalue weighted by Gasteiger charge is -2.13. The van der Waals surface area contributed by atoms with Crippen molar-refractivity contribution in [2.75, 3.05) is 0 Å². The Bertz CT molecular complexity index is 367. The van der Waals surface area contributed by atoms with E-state index in [1.165, 1.54) is 0 Å². The van der Waals surface area contributed by atoms with Crippen LogP contribution < -0.4 is 4.74 Å². The zero-order valence-electron chi connectivity index (χ0n) is 8.40. The molecule has 0 amide bonds. The Morgan fingerprint density at radius 2 is 1.93 bits per heavy atom. The average molecular weight is 208 g/mol. The quantitative estimate of drug-likeness (QED) is 0.520. The number of rotatable bonds is 0. The smallest absolute Gasteiger partial charge is 0.311 e. The van der Waals surface area contributed by atoms with Crippen LogP contribution in [-0.4, -0.2) is 17.0 Å². The molecule has 0 saturated heterocycles. The van der Waals surface area contributed by atoms with Crippen LogP contribution in [0.1, 0.15) is 18.9 Å². The minimum absolute atomic E-state index is 0.122. The van der Waals surface area contributed by atoms with E-state index in [0.717, 1.165) is 24.7 Å². The summed E-state index contributed by atoms with van der Waals surface area (Å²) in [5.41, 5.74) is 1.13. The van der Waals surface area contributed by atoms with E-state index in [-0.39, 0.29) is 5.97 Å². The molecule has 1 aliphatic rings. The van der Waals surface area contributed by atoms with Crippen LogP contribution in [0, 0.1) is 0 Å². The number of benzene rings is 1. The van der Waals surface area contributed by atoms with Gasteiger partial charge in [0.25, 0.3) is 5.97 Å². The van der Waals surface area contributed by atoms with Gasteiger partial charge in [-0.2, -0.15) is 0 Å². The Kier molecular flexibility index (Phi) is 3.85. The van der Waals surface area contributed by atoms with Gasteiger partial charge >= 0.3 is 5.97 Å². The minimum atomic E-state index is -0.833. The van der Waals surface area contributed by atoms with E-state index in [0.29, 0.717) is 6.42 Å². The molecule has 1 heterocycles. The molecule has 1 aromatic carbocycles. The molecule has 1 aliphatic heterocycles. The first kappa shape index (κ1) is 11.2. The summed E-state index contributed by atoms with van der Waals surface area (Å²) in [6.07, 6.45) is 1.33. The number of fused-ring (bicyclic) bond motifs is 1. The molecule has 0 fully saturated rings. The first-order valence-corrected chi connectivity index (χ1v) is 4.57. The van der Waals surface area contributed by atoms with Crippen molar-refractivity contribution in [2.24, 2.45) is 0 Å². The zero-order valence-corrected chi connectivity index (χ0v) is 8.40. The van der Waals surface area contributed by atoms with Gasteiger partial charge < -0.3 is 9.84 Å². The third-order valence-electron chi connectivity index (χ3n) is 1.79. The lowest BCUT2D eigenvalue weighted by atomic mass is 10.1. The number of carboxylic acids is 1. The Hall–Kier alpha value is -1.84. The molecule has 0 spiro atoms. The Balaban J connectivity index is 0.000000245. The molecule has 4 nitrogen and oxygen atoms in total. The third kappa shape index (κ3) is 3.81. The van der Waals surface area contributed by atoms with Crippen molar-refractivity contribution >= 4 is 11.9 Å². The topological polar surface area (TPSA) is 63.6 Å². The van der Waals surface area contributed by atoms with E-state index in [4.69, 9.17) is 14.6 Å². The van der Waals surface area contributed by atoms with Gasteiger partial charge in [-0.25, -0.2) is 0 Å². The number of hydrogen-bond donors (Lipinski definition) is 1. The number of carboxylic acid groups (broad SMARTS) is 1. The average Bonchev–Trinajstić information content (AvgIpc) is 2.16. The fourth-order valence-electron chi connectivity index (χ4n) is 1.22. The van der Waals surface area contributed by atoms with E-state index in [1.54, 1.807) is 0 Å². The number of carbonyl (C=O) groups excluding carboxylic acids is 1. The normalized spacial score (nSPS) is 13.0. The Labute approximate surface area is 87.5 Å². The van der Waals surface area contributed by atoms with Gasteiger partial charge in [0.1, 0.15) is 5.75 Å². The first-order chi connectivity index (χ1) is 7.09. The van der Waals surface area contributed by atoms with Crippen LogP contribution in [0.4, 0.5) is 0 Å². The number of aliphatic carboxylic acids is 1. The first-order valence-electron chi connectivity index (χ1n) is 4.57. The second kappa shape index (κ2) is 5.14. The van der Waals surface area contributed by atoms with Crippen molar-refractivity contribution in [2.45, 2.75) is 19.8 Å². The van der Waals surface area contributed by atoms with Gasteiger partial charge in [0.05, 0.1) is 6.42 Å². The van der Waals surface area contributed by atoms with Gasteiger partial charge in [0.15, 0.2) is 0 Å². The maximum Gasteiger partial charge on any atom is 0.311 e. The number of aryl methyl sites for hydroxylation is 1. The summed E-state index contributed by atoms with van der Waals surface area (Å²) in [5.74, 6) is -0.229. The molecule has 2 rings (SSSR count). The Morgan fingerprint density at radius 3 is 2.60 bits per heavy atom. The second-order valence-corrected chi connectivity index (χ2v) is 3.10. The molecule has 0 bridgehead atoms. The molecule has 0 radical (unpaired) electrons. The van der Waals surface area contributed by atoms with Crippen molar-refractivity contribution in [3.8, 4) is 5.75 Å². The number of hydrogen-bond acceptors (Lipinski definition) is 3. The molecule has 0 unspecified atom stereocenters. The van der Waals surface area contributed by atoms with Crippen LogP contribution in [0.15, 0.2) is 24.3 Å². The molecule has 4 heteroatoms. The van der Waals surface area contributed by atoms with E-state index in [2.05, 4.69) is 0 Å². The van der Waals surface area contributed by atoms with Gasteiger partial charge in [0.2, 0.25) is 0 Å². The van der Waals surface area contributed by atoms with E-state index in [9.17, 15) is 4.79 Å². The lowest BCUT2D eigenvalue weighted by molar-refractivity contribution is -0.135. The number of para-hydroxylation sites is 1. The summed E-state index contributed by atoms with van der Waals surface area (Å²) in [7, 11) is 0. The third-order valence-corrected chi connectivity index (χ3v) is 1.79. The molecule has 0 aliphatic carbocycles. The summed E-state index contributed by atoms with van der Waals surface area (Å²) >= 11 is 0. The van der Waals surface area contributed by atoms with Crippen molar-refractivity contribution in [3.63, 3.8) is 0 Å². The monoisotopic (exact) mass is 208 g/mol. The summed E-state index contributed by atoms with van der Waals surface area (Å²) < 4.78 is 4.99. The molecule has 80 valence electrons. The summed E-state index contributed by atoms with van der Waals surface area (Å²) in [6.45, 7) is 1.08. The molecule has 1 aromatic rings. The molecule has 0 saturated carbocycles. The fraction of sp³-hybridized carbons (Fsp3) is 0.273. The highest BCUT2D eigenvalue weighted by molar-refractivity contribution is 5.75. The molecular formula is C11H12O4. The fourth-order valence-corrected chi connectivity index (χ4v) is 1.22. The highest BCUT2D eigenvalue weighted by Gasteiger charge is 2.15. The van der Waals surface area contributed by atoms with E-state index in [1.807, 2.05) is 24.3 Å². The van der Waals surface area contributed by atoms with E-state index < -0.39 is 5.97 Å². The van der Waals surface area contributed by atoms with E-state index >= 15 is 0 Å². The summed E-state index contributed by atoms with van der Waals surface area (Å²) in [5, 5.41) is 7.42. The van der Waals surface area contributed by atoms with Crippen molar-refractivity contribution in [1.29, 1.82) is 0 Å². The van der Waals surface area contributed by atoms with Crippen LogP contribution in [-0.2, 0) is 16.0 Å². The molecular weight excluding hydrogens is 196 g/mol. The van der Waals surface area contributed by atoms with Gasteiger partial charge in [-0.15, -0.1) is 0 Å². The number of carbonyl (C=O) groups is 2. The maximum absolute atomic E-state index is 10.8. The predicted molar refractivity (Wildman–Crippen MR) is 53.7 cm³/mol. The summed E-state index contributed by atoms with van der Waals surface area (Å²) in [4.78, 5) is 19.8. The molecule has 0 atom stereocenters. The van der Waals surface area contributed by atoms with Crippen LogP contribution in [0.3, 0.4) is 0 Å². The minimum Gasteiger partial charge on any atom is -0.481 e. The maximum atomic E-state index is 10.8. The standard InChI is InChI=1S/C9H8O2.C2H4O2/c10-9-6-5-7-3-1-2-4-8(7)11-9;1-2(3)4/h1-4H,5-6H2;1H3,(H,3,4). The van der Waals surface area contributed by atoms with Gasteiger partial charge in [-0.1, -0.05) is 18.2 Å². The molecule has 0 aromatic heterocycles. The van der Waals surface area contributed by atoms with Gasteiger partial charge in [0, 0.05) is 6.92 Å². The lowest BCUT2D eigenvalue weighted by Crippen LogP contribution is -2.15. The summed E-state index contributed by atoms with van der Waals surface area (Å²) in [6, 6.07) is 7.64. The highest BCUT2D eigenvalue weighted by atomic mass is 16.5. The highest BCUT2D eigenvalue weighted by Crippen LogP contribution is 2.23. The van der Waals surface area contributed by atoms with Crippen molar-refractivity contribution < 1.29 is 19.4 Å². The van der Waals surface area contributed by atoms with Crippen LogP contribution in [0.5, 0.6) is 5.75 Å². The number of ether oxygens (including phenoxy) is 1. The molecule has 15 heavy (non-hydrogen) atoms. The van der Waals surface area contributed by atoms with Crippen LogP contribution in [0.25, 0.3) is 0 Å².